The molecule has 1 unspecified atom stereocenters. The number of benzene rings is 1. The first-order chi connectivity index (χ1) is 9.25. The second-order valence-electron chi connectivity index (χ2n) is 5.97. The van der Waals surface area contributed by atoms with Crippen molar-refractivity contribution in [1.29, 1.82) is 0 Å². The zero-order chi connectivity index (χ0) is 13.2. The van der Waals surface area contributed by atoms with E-state index < -0.39 is 0 Å². The lowest BCUT2D eigenvalue weighted by molar-refractivity contribution is 0.256. The van der Waals surface area contributed by atoms with Crippen molar-refractivity contribution in [3.63, 3.8) is 0 Å². The van der Waals surface area contributed by atoms with Gasteiger partial charge in [-0.25, -0.2) is 0 Å². The normalized spacial score (nSPS) is 25.4. The molecule has 0 saturated heterocycles. The Morgan fingerprint density at radius 1 is 1.11 bits per heavy atom. The van der Waals surface area contributed by atoms with Crippen molar-refractivity contribution in [3.05, 3.63) is 42.1 Å². The maximum atomic E-state index is 6.54. The van der Waals surface area contributed by atoms with Crippen LogP contribution in [0, 0.1) is 11.8 Å². The first-order valence-electron chi connectivity index (χ1n) is 7.35. The van der Waals surface area contributed by atoms with Crippen LogP contribution < -0.4 is 5.73 Å². The lowest BCUT2D eigenvalue weighted by atomic mass is 9.77. The van der Waals surface area contributed by atoms with Gasteiger partial charge in [0.25, 0.3) is 0 Å². The number of aromatic nitrogens is 1. The number of fused-ring (bicyclic) bond motifs is 1. The van der Waals surface area contributed by atoms with Gasteiger partial charge in [0.1, 0.15) is 0 Å². The van der Waals surface area contributed by atoms with Gasteiger partial charge in [-0.3, -0.25) is 4.98 Å². The van der Waals surface area contributed by atoms with Gasteiger partial charge < -0.3 is 5.73 Å². The van der Waals surface area contributed by atoms with Gasteiger partial charge in [0.05, 0.1) is 5.52 Å². The number of hydrogen-bond acceptors (Lipinski definition) is 2. The minimum absolute atomic E-state index is 0.131. The Kier molecular flexibility index (Phi) is 3.52. The maximum absolute atomic E-state index is 6.54. The van der Waals surface area contributed by atoms with E-state index in [-0.39, 0.29) is 6.04 Å². The third-order valence-corrected chi connectivity index (χ3v) is 4.59. The van der Waals surface area contributed by atoms with E-state index in [9.17, 15) is 0 Å². The molecule has 1 saturated carbocycles. The summed E-state index contributed by atoms with van der Waals surface area (Å²) < 4.78 is 0. The summed E-state index contributed by atoms with van der Waals surface area (Å²) in [6.07, 6.45) is 7.01. The van der Waals surface area contributed by atoms with E-state index in [0.29, 0.717) is 5.92 Å². The third-order valence-electron chi connectivity index (χ3n) is 4.59. The second kappa shape index (κ2) is 5.30. The van der Waals surface area contributed by atoms with Crippen molar-refractivity contribution in [3.8, 4) is 0 Å². The van der Waals surface area contributed by atoms with Crippen LogP contribution in [0.4, 0.5) is 0 Å². The quantitative estimate of drug-likeness (QED) is 0.877. The molecule has 0 spiro atoms. The van der Waals surface area contributed by atoms with Crippen molar-refractivity contribution in [2.75, 3.05) is 0 Å². The highest BCUT2D eigenvalue weighted by Gasteiger charge is 2.25. The summed E-state index contributed by atoms with van der Waals surface area (Å²) in [6.45, 7) is 2.35. The monoisotopic (exact) mass is 254 g/mol. The molecule has 1 aliphatic rings. The number of hydrogen-bond donors (Lipinski definition) is 1. The Morgan fingerprint density at radius 3 is 2.63 bits per heavy atom. The maximum Gasteiger partial charge on any atom is 0.0749 e. The van der Waals surface area contributed by atoms with Crippen LogP contribution in [0.2, 0.25) is 0 Å². The molecule has 19 heavy (non-hydrogen) atoms. The highest BCUT2D eigenvalue weighted by atomic mass is 14.7. The van der Waals surface area contributed by atoms with Crippen molar-refractivity contribution < 1.29 is 0 Å². The van der Waals surface area contributed by atoms with Gasteiger partial charge in [0.2, 0.25) is 0 Å². The van der Waals surface area contributed by atoms with E-state index in [1.807, 2.05) is 12.3 Å². The molecule has 100 valence electrons. The van der Waals surface area contributed by atoms with Crippen molar-refractivity contribution in [2.24, 2.45) is 17.6 Å². The molecular formula is C17H22N2. The van der Waals surface area contributed by atoms with Crippen molar-refractivity contribution in [2.45, 2.75) is 38.6 Å². The standard InChI is InChI=1S/C17H22N2/c1-12-7-9-13(10-8-12)16(18)15-6-2-4-14-5-3-11-19-17(14)15/h2-6,11-13,16H,7-10,18H2,1H3. The molecule has 3 rings (SSSR count). The highest BCUT2D eigenvalue weighted by Crippen LogP contribution is 2.36. The fraction of sp³-hybridized carbons (Fsp3) is 0.471. The molecule has 0 amide bonds. The SMILES string of the molecule is CC1CCC(C(N)c2cccc3cccnc23)CC1. The average molecular weight is 254 g/mol. The molecule has 2 heteroatoms. The summed E-state index contributed by atoms with van der Waals surface area (Å²) in [5.41, 5.74) is 8.84. The summed E-state index contributed by atoms with van der Waals surface area (Å²) >= 11 is 0. The van der Waals surface area contributed by atoms with Crippen LogP contribution >= 0.6 is 0 Å². The van der Waals surface area contributed by atoms with Crippen molar-refractivity contribution >= 4 is 10.9 Å². The number of para-hydroxylation sites is 1. The van der Waals surface area contributed by atoms with E-state index in [0.717, 1.165) is 11.4 Å². The molecule has 1 fully saturated rings. The molecule has 0 aliphatic heterocycles. The Balaban J connectivity index is 1.91. The predicted molar refractivity (Wildman–Crippen MR) is 79.8 cm³/mol. The molecule has 0 bridgehead atoms. The molecule has 1 atom stereocenters. The molecule has 1 aliphatic carbocycles. The number of nitrogens with zero attached hydrogens (tertiary/aromatic N) is 1. The molecule has 1 heterocycles. The fourth-order valence-electron chi connectivity index (χ4n) is 3.30. The van der Waals surface area contributed by atoms with Gasteiger partial charge in [-0.05, 0) is 36.3 Å². The van der Waals surface area contributed by atoms with Gasteiger partial charge in [-0.15, -0.1) is 0 Å². The lowest BCUT2D eigenvalue weighted by Gasteiger charge is -2.31. The zero-order valence-electron chi connectivity index (χ0n) is 11.5. The predicted octanol–water partition coefficient (Wildman–Crippen LogP) is 4.06. The Labute approximate surface area is 115 Å². The largest absolute Gasteiger partial charge is 0.324 e. The molecular weight excluding hydrogens is 232 g/mol. The Hall–Kier alpha value is -1.41. The summed E-state index contributed by atoms with van der Waals surface area (Å²) in [6, 6.07) is 10.6. The number of rotatable bonds is 2. The van der Waals surface area contributed by atoms with Crippen LogP contribution in [0.15, 0.2) is 36.5 Å². The van der Waals surface area contributed by atoms with Crippen LogP contribution in [0.3, 0.4) is 0 Å². The lowest BCUT2D eigenvalue weighted by Crippen LogP contribution is -2.25. The van der Waals surface area contributed by atoms with Gasteiger partial charge in [-0.1, -0.05) is 44.0 Å². The highest BCUT2D eigenvalue weighted by molar-refractivity contribution is 5.82. The number of nitrogens with two attached hydrogens (primary N) is 1. The van der Waals surface area contributed by atoms with E-state index in [1.165, 1.54) is 36.6 Å². The van der Waals surface area contributed by atoms with E-state index in [2.05, 4.69) is 36.2 Å². The molecule has 2 aromatic rings. The van der Waals surface area contributed by atoms with Gasteiger partial charge in [-0.2, -0.15) is 0 Å². The summed E-state index contributed by atoms with van der Waals surface area (Å²) in [4.78, 5) is 4.53. The second-order valence-corrected chi connectivity index (χ2v) is 5.97. The first kappa shape index (κ1) is 12.6. The molecule has 0 radical (unpaired) electrons. The van der Waals surface area contributed by atoms with E-state index in [4.69, 9.17) is 5.73 Å². The smallest absolute Gasteiger partial charge is 0.0749 e. The number of pyridine rings is 1. The van der Waals surface area contributed by atoms with Crippen LogP contribution in [0.5, 0.6) is 0 Å². The molecule has 2 N–H and O–H groups in total. The fourth-order valence-corrected chi connectivity index (χ4v) is 3.30. The van der Waals surface area contributed by atoms with E-state index in [1.54, 1.807) is 0 Å². The summed E-state index contributed by atoms with van der Waals surface area (Å²) in [7, 11) is 0. The van der Waals surface area contributed by atoms with Crippen LogP contribution in [-0.2, 0) is 0 Å². The minimum atomic E-state index is 0.131. The molecule has 1 aromatic carbocycles. The topological polar surface area (TPSA) is 38.9 Å². The van der Waals surface area contributed by atoms with Crippen LogP contribution in [-0.4, -0.2) is 4.98 Å². The Bertz CT molecular complexity index is 551. The summed E-state index contributed by atoms with van der Waals surface area (Å²) in [5.74, 6) is 1.48. The van der Waals surface area contributed by atoms with E-state index >= 15 is 0 Å². The van der Waals surface area contributed by atoms with Gasteiger partial charge >= 0.3 is 0 Å². The minimum Gasteiger partial charge on any atom is -0.324 e. The Morgan fingerprint density at radius 2 is 1.84 bits per heavy atom. The van der Waals surface area contributed by atoms with Crippen molar-refractivity contribution in [1.82, 2.24) is 4.98 Å². The zero-order valence-corrected chi connectivity index (χ0v) is 11.5. The van der Waals surface area contributed by atoms with Crippen LogP contribution in [0.25, 0.3) is 10.9 Å². The molecule has 2 nitrogen and oxygen atoms in total. The van der Waals surface area contributed by atoms with Gasteiger partial charge in [0, 0.05) is 17.6 Å². The first-order valence-corrected chi connectivity index (χ1v) is 7.35. The summed E-state index contributed by atoms with van der Waals surface area (Å²) in [5, 5.41) is 1.19. The van der Waals surface area contributed by atoms with Crippen LogP contribution in [0.1, 0.15) is 44.2 Å². The third kappa shape index (κ3) is 2.50. The molecule has 1 aromatic heterocycles. The average Bonchev–Trinajstić information content (AvgIpc) is 2.47. The van der Waals surface area contributed by atoms with Gasteiger partial charge in [0.15, 0.2) is 0 Å².